The molecule has 6 nitrogen and oxygen atoms in total. The van der Waals surface area contributed by atoms with Gasteiger partial charge in [0.15, 0.2) is 5.76 Å². The highest BCUT2D eigenvalue weighted by molar-refractivity contribution is 5.95. The second kappa shape index (κ2) is 6.10. The van der Waals surface area contributed by atoms with Crippen LogP contribution in [-0.4, -0.2) is 24.9 Å². The van der Waals surface area contributed by atoms with Gasteiger partial charge in [0.2, 0.25) is 0 Å². The quantitative estimate of drug-likeness (QED) is 0.813. The molecule has 2 aromatic rings. The fraction of sp³-hybridized carbons (Fsp3) is 0.286. The highest BCUT2D eigenvalue weighted by Gasteiger charge is 2.13. The van der Waals surface area contributed by atoms with Crippen molar-refractivity contribution in [3.63, 3.8) is 0 Å². The fourth-order valence-corrected chi connectivity index (χ4v) is 1.80. The Hall–Kier alpha value is -2.50. The van der Waals surface area contributed by atoms with Gasteiger partial charge in [0, 0.05) is 13.1 Å². The lowest BCUT2D eigenvalue weighted by Gasteiger charge is -2.05. The molecule has 0 aliphatic carbocycles. The maximum atomic E-state index is 11.8. The molecule has 0 atom stereocenters. The van der Waals surface area contributed by atoms with E-state index in [2.05, 4.69) is 10.6 Å². The summed E-state index contributed by atoms with van der Waals surface area (Å²) in [7, 11) is 0. The molecule has 2 amide bonds. The van der Waals surface area contributed by atoms with Crippen LogP contribution in [0.3, 0.4) is 0 Å². The predicted molar refractivity (Wildman–Crippen MR) is 71.6 cm³/mol. The molecule has 2 rings (SSSR count). The van der Waals surface area contributed by atoms with E-state index in [1.807, 2.05) is 0 Å². The molecule has 0 aromatic carbocycles. The van der Waals surface area contributed by atoms with Gasteiger partial charge in [0.25, 0.3) is 11.8 Å². The van der Waals surface area contributed by atoms with Gasteiger partial charge in [-0.3, -0.25) is 9.59 Å². The van der Waals surface area contributed by atoms with E-state index in [0.717, 1.165) is 0 Å². The lowest BCUT2D eigenvalue weighted by atomic mass is 10.2. The van der Waals surface area contributed by atoms with Gasteiger partial charge in [-0.25, -0.2) is 0 Å². The van der Waals surface area contributed by atoms with Crippen LogP contribution in [0.4, 0.5) is 0 Å². The second-order valence-corrected chi connectivity index (χ2v) is 4.32. The number of carbonyl (C=O) groups excluding carboxylic acids is 2. The molecular formula is C14H16N2O4. The summed E-state index contributed by atoms with van der Waals surface area (Å²) in [6.45, 7) is 4.17. The summed E-state index contributed by atoms with van der Waals surface area (Å²) in [5.41, 5.74) is 0.514. The first-order valence-electron chi connectivity index (χ1n) is 6.25. The van der Waals surface area contributed by atoms with Gasteiger partial charge < -0.3 is 19.5 Å². The number of amides is 2. The predicted octanol–water partition coefficient (Wildman–Crippen LogP) is 1.65. The lowest BCUT2D eigenvalue weighted by molar-refractivity contribution is 0.0910. The monoisotopic (exact) mass is 276 g/mol. The van der Waals surface area contributed by atoms with Crippen LogP contribution in [0.1, 0.15) is 32.4 Å². The Bertz CT molecular complexity index is 599. The van der Waals surface area contributed by atoms with E-state index in [-0.39, 0.29) is 17.6 Å². The van der Waals surface area contributed by atoms with E-state index in [1.54, 1.807) is 32.0 Å². The molecule has 0 radical (unpaired) electrons. The van der Waals surface area contributed by atoms with Crippen molar-refractivity contribution in [1.82, 2.24) is 10.6 Å². The third-order valence-corrected chi connectivity index (χ3v) is 2.73. The Labute approximate surface area is 116 Å². The number of furan rings is 2. The number of aryl methyl sites for hydroxylation is 2. The van der Waals surface area contributed by atoms with E-state index in [9.17, 15) is 9.59 Å². The Morgan fingerprint density at radius 1 is 1.15 bits per heavy atom. The van der Waals surface area contributed by atoms with Crippen molar-refractivity contribution >= 4 is 11.8 Å². The largest absolute Gasteiger partial charge is 0.466 e. The molecular weight excluding hydrogens is 260 g/mol. The summed E-state index contributed by atoms with van der Waals surface area (Å²) in [5.74, 6) is 1.00. The second-order valence-electron chi connectivity index (χ2n) is 4.32. The SMILES string of the molecule is Cc1cc(C(=O)NCCNC(=O)c2ccco2)c(C)o1. The van der Waals surface area contributed by atoms with Crippen molar-refractivity contribution in [3.05, 3.63) is 47.3 Å². The minimum absolute atomic E-state index is 0.216. The minimum Gasteiger partial charge on any atom is -0.466 e. The van der Waals surface area contributed by atoms with Crippen LogP contribution >= 0.6 is 0 Å². The number of carbonyl (C=O) groups is 2. The first kappa shape index (κ1) is 13.9. The average molecular weight is 276 g/mol. The third-order valence-electron chi connectivity index (χ3n) is 2.73. The highest BCUT2D eigenvalue weighted by Crippen LogP contribution is 2.12. The van der Waals surface area contributed by atoms with Crippen molar-refractivity contribution in [1.29, 1.82) is 0 Å². The van der Waals surface area contributed by atoms with Crippen LogP contribution in [0.5, 0.6) is 0 Å². The molecule has 0 bridgehead atoms. The molecule has 2 heterocycles. The standard InChI is InChI=1S/C14H16N2O4/c1-9-8-11(10(2)20-9)13(17)15-5-6-16-14(18)12-4-3-7-19-12/h3-4,7-8H,5-6H2,1-2H3,(H,15,17)(H,16,18). The summed E-state index contributed by atoms with van der Waals surface area (Å²) in [6, 6.07) is 4.90. The molecule has 0 saturated carbocycles. The van der Waals surface area contributed by atoms with E-state index < -0.39 is 0 Å². The molecule has 0 saturated heterocycles. The number of nitrogens with one attached hydrogen (secondary N) is 2. The minimum atomic E-state index is -0.306. The molecule has 0 aliphatic rings. The number of hydrogen-bond acceptors (Lipinski definition) is 4. The molecule has 0 fully saturated rings. The van der Waals surface area contributed by atoms with E-state index in [1.165, 1.54) is 6.26 Å². The summed E-state index contributed by atoms with van der Waals surface area (Å²) >= 11 is 0. The van der Waals surface area contributed by atoms with Crippen LogP contribution in [-0.2, 0) is 0 Å². The lowest BCUT2D eigenvalue weighted by Crippen LogP contribution is -2.34. The molecule has 0 unspecified atom stereocenters. The van der Waals surface area contributed by atoms with E-state index in [0.29, 0.717) is 30.2 Å². The summed E-state index contributed by atoms with van der Waals surface area (Å²) in [5, 5.41) is 5.35. The summed E-state index contributed by atoms with van der Waals surface area (Å²) in [4.78, 5) is 23.4. The van der Waals surface area contributed by atoms with Crippen molar-refractivity contribution in [2.75, 3.05) is 13.1 Å². The molecule has 2 aromatic heterocycles. The fourth-order valence-electron chi connectivity index (χ4n) is 1.80. The van der Waals surface area contributed by atoms with Gasteiger partial charge in [-0.05, 0) is 32.0 Å². The Morgan fingerprint density at radius 3 is 2.40 bits per heavy atom. The Balaban J connectivity index is 1.75. The van der Waals surface area contributed by atoms with Crippen LogP contribution in [0.15, 0.2) is 33.3 Å². The molecule has 6 heteroatoms. The van der Waals surface area contributed by atoms with Crippen molar-refractivity contribution in [2.45, 2.75) is 13.8 Å². The maximum Gasteiger partial charge on any atom is 0.287 e. The van der Waals surface area contributed by atoms with Gasteiger partial charge in [0.05, 0.1) is 11.8 Å². The average Bonchev–Trinajstić information content (AvgIpc) is 3.03. The van der Waals surface area contributed by atoms with Crippen LogP contribution in [0, 0.1) is 13.8 Å². The van der Waals surface area contributed by atoms with Gasteiger partial charge in [0.1, 0.15) is 11.5 Å². The van der Waals surface area contributed by atoms with Crippen molar-refractivity contribution in [2.24, 2.45) is 0 Å². The van der Waals surface area contributed by atoms with Crippen molar-refractivity contribution < 1.29 is 18.4 Å². The summed E-state index contributed by atoms with van der Waals surface area (Å²) < 4.78 is 10.2. The Morgan fingerprint density at radius 2 is 1.85 bits per heavy atom. The molecule has 20 heavy (non-hydrogen) atoms. The normalized spacial score (nSPS) is 10.3. The third kappa shape index (κ3) is 3.28. The molecule has 0 spiro atoms. The van der Waals surface area contributed by atoms with Gasteiger partial charge >= 0.3 is 0 Å². The zero-order valence-electron chi connectivity index (χ0n) is 11.4. The zero-order chi connectivity index (χ0) is 14.5. The van der Waals surface area contributed by atoms with Gasteiger partial charge in [-0.1, -0.05) is 0 Å². The topological polar surface area (TPSA) is 84.5 Å². The molecule has 106 valence electrons. The van der Waals surface area contributed by atoms with Crippen molar-refractivity contribution in [3.8, 4) is 0 Å². The van der Waals surface area contributed by atoms with Crippen LogP contribution in [0.25, 0.3) is 0 Å². The number of hydrogen-bond donors (Lipinski definition) is 2. The van der Waals surface area contributed by atoms with Crippen LogP contribution < -0.4 is 10.6 Å². The van der Waals surface area contributed by atoms with E-state index in [4.69, 9.17) is 8.83 Å². The zero-order valence-corrected chi connectivity index (χ0v) is 11.4. The molecule has 2 N–H and O–H groups in total. The first-order valence-corrected chi connectivity index (χ1v) is 6.25. The number of rotatable bonds is 5. The molecule has 0 aliphatic heterocycles. The van der Waals surface area contributed by atoms with Crippen LogP contribution in [0.2, 0.25) is 0 Å². The first-order chi connectivity index (χ1) is 9.58. The maximum absolute atomic E-state index is 11.8. The smallest absolute Gasteiger partial charge is 0.287 e. The Kier molecular flexibility index (Phi) is 4.24. The van der Waals surface area contributed by atoms with E-state index >= 15 is 0 Å². The summed E-state index contributed by atoms with van der Waals surface area (Å²) in [6.07, 6.45) is 1.43. The van der Waals surface area contributed by atoms with Gasteiger partial charge in [-0.15, -0.1) is 0 Å². The van der Waals surface area contributed by atoms with Gasteiger partial charge in [-0.2, -0.15) is 0 Å². The highest BCUT2D eigenvalue weighted by atomic mass is 16.3.